The smallest absolute Gasteiger partial charge is 0.411 e. The van der Waals surface area contributed by atoms with Gasteiger partial charge in [0.25, 0.3) is 11.5 Å². The van der Waals surface area contributed by atoms with Crippen molar-refractivity contribution in [2.45, 2.75) is 70.9 Å². The molecule has 1 aromatic heterocycles. The Kier molecular flexibility index (Phi) is 9.15. The maximum absolute atomic E-state index is 13.7. The summed E-state index contributed by atoms with van der Waals surface area (Å²) < 4.78 is 6.83. The van der Waals surface area contributed by atoms with Crippen LogP contribution in [0.5, 0.6) is 5.75 Å². The van der Waals surface area contributed by atoms with Gasteiger partial charge >= 0.3 is 6.09 Å². The standard InChI is InChI=1S/C31H34N6O5/c1-19-13-22(34-35-27(17-32)28(38)33-30(40)41)14-20(2)25(19)15-23-16-26(31(3)11-5-6-12-31)29(39)37(36-23)18-21-7-9-24(42-4)10-8-21/h7-10,13-14,16,27H,5-6,11-12,15,18H2,1-4H3,(H,33,38)(H,40,41)/b35-34+. The van der Waals surface area contributed by atoms with E-state index in [-0.39, 0.29) is 11.0 Å². The quantitative estimate of drug-likeness (QED) is 0.338. The van der Waals surface area contributed by atoms with E-state index >= 15 is 0 Å². The number of benzene rings is 2. The average molecular weight is 571 g/mol. The number of methoxy groups -OCH3 is 1. The molecule has 1 heterocycles. The van der Waals surface area contributed by atoms with E-state index in [0.717, 1.165) is 64.9 Å². The predicted octanol–water partition coefficient (Wildman–Crippen LogP) is 5.11. The summed E-state index contributed by atoms with van der Waals surface area (Å²) in [4.78, 5) is 36.2. The van der Waals surface area contributed by atoms with Crippen molar-refractivity contribution in [2.75, 3.05) is 7.11 Å². The Labute approximate surface area is 243 Å². The predicted molar refractivity (Wildman–Crippen MR) is 155 cm³/mol. The zero-order valence-corrected chi connectivity index (χ0v) is 24.2. The van der Waals surface area contributed by atoms with Gasteiger partial charge in [-0.2, -0.15) is 20.6 Å². The van der Waals surface area contributed by atoms with E-state index in [1.165, 1.54) is 0 Å². The van der Waals surface area contributed by atoms with Crippen molar-refractivity contribution in [3.8, 4) is 11.8 Å². The summed E-state index contributed by atoms with van der Waals surface area (Å²) in [6, 6.07) is 13.2. The summed E-state index contributed by atoms with van der Waals surface area (Å²) in [6.45, 7) is 6.35. The highest BCUT2D eigenvalue weighted by Crippen LogP contribution is 2.39. The molecule has 2 N–H and O–H groups in total. The van der Waals surface area contributed by atoms with Gasteiger partial charge in [-0.05, 0) is 84.7 Å². The molecule has 42 heavy (non-hydrogen) atoms. The molecule has 3 aromatic rings. The molecule has 0 aliphatic heterocycles. The Balaban J connectivity index is 1.66. The lowest BCUT2D eigenvalue weighted by atomic mass is 9.81. The van der Waals surface area contributed by atoms with Gasteiger partial charge in [-0.1, -0.05) is 31.9 Å². The van der Waals surface area contributed by atoms with Gasteiger partial charge in [0.05, 0.1) is 25.0 Å². The Morgan fingerprint density at radius 1 is 1.17 bits per heavy atom. The van der Waals surface area contributed by atoms with Crippen LogP contribution in [-0.2, 0) is 23.2 Å². The number of aryl methyl sites for hydroxylation is 2. The van der Waals surface area contributed by atoms with Crippen LogP contribution in [0.4, 0.5) is 10.5 Å². The van der Waals surface area contributed by atoms with E-state index in [9.17, 15) is 19.6 Å². The van der Waals surface area contributed by atoms with Gasteiger partial charge in [0.1, 0.15) is 11.8 Å². The van der Waals surface area contributed by atoms with E-state index in [0.29, 0.717) is 18.7 Å². The lowest BCUT2D eigenvalue weighted by Crippen LogP contribution is -2.36. The fraction of sp³-hybridized carbons (Fsp3) is 0.387. The number of carbonyl (C=O) groups excluding carboxylic acids is 1. The molecule has 0 spiro atoms. The number of aromatic nitrogens is 2. The highest BCUT2D eigenvalue weighted by Gasteiger charge is 2.34. The van der Waals surface area contributed by atoms with Gasteiger partial charge in [0.15, 0.2) is 0 Å². The molecule has 0 radical (unpaired) electrons. The van der Waals surface area contributed by atoms with Crippen molar-refractivity contribution in [1.29, 1.82) is 5.26 Å². The van der Waals surface area contributed by atoms with Gasteiger partial charge in [-0.15, -0.1) is 0 Å². The lowest BCUT2D eigenvalue weighted by molar-refractivity contribution is -0.120. The molecule has 2 amide bonds. The molecule has 11 nitrogen and oxygen atoms in total. The van der Waals surface area contributed by atoms with Crippen molar-refractivity contribution in [3.63, 3.8) is 0 Å². The molecule has 1 atom stereocenters. The number of amides is 2. The molecular formula is C31H34N6O5. The third kappa shape index (κ3) is 6.89. The van der Waals surface area contributed by atoms with Crippen LogP contribution in [0.3, 0.4) is 0 Å². The van der Waals surface area contributed by atoms with E-state index in [4.69, 9.17) is 14.9 Å². The fourth-order valence-electron chi connectivity index (χ4n) is 5.47. The molecule has 1 aliphatic rings. The minimum absolute atomic E-state index is 0.0675. The van der Waals surface area contributed by atoms with Gasteiger partial charge < -0.3 is 9.84 Å². The van der Waals surface area contributed by atoms with Gasteiger partial charge in [-0.3, -0.25) is 14.9 Å². The van der Waals surface area contributed by atoms with Crippen LogP contribution >= 0.6 is 0 Å². The van der Waals surface area contributed by atoms with Crippen molar-refractivity contribution in [2.24, 2.45) is 10.2 Å². The Morgan fingerprint density at radius 3 is 2.38 bits per heavy atom. The van der Waals surface area contributed by atoms with Crippen LogP contribution in [0.15, 0.2) is 57.5 Å². The molecule has 0 bridgehead atoms. The van der Waals surface area contributed by atoms with E-state index in [2.05, 4.69) is 17.2 Å². The molecule has 1 unspecified atom stereocenters. The summed E-state index contributed by atoms with van der Waals surface area (Å²) in [5, 5.41) is 32.0. The summed E-state index contributed by atoms with van der Waals surface area (Å²) in [5.74, 6) is -0.325. The van der Waals surface area contributed by atoms with E-state index in [1.54, 1.807) is 35.3 Å². The van der Waals surface area contributed by atoms with Crippen LogP contribution in [0.2, 0.25) is 0 Å². The number of hydrogen-bond acceptors (Lipinski definition) is 8. The zero-order chi connectivity index (χ0) is 30.4. The van der Waals surface area contributed by atoms with Crippen molar-refractivity contribution in [3.05, 3.63) is 86.3 Å². The van der Waals surface area contributed by atoms with Gasteiger partial charge in [0.2, 0.25) is 6.04 Å². The second-order valence-corrected chi connectivity index (χ2v) is 10.9. The Hall–Kier alpha value is -4.85. The third-order valence-corrected chi connectivity index (χ3v) is 7.80. The SMILES string of the molecule is COc1ccc(Cn2nc(Cc3c(C)cc(/N=N/C(C#N)C(=O)NC(=O)O)cc3C)cc(C3(C)CCCC3)c2=O)cc1. The van der Waals surface area contributed by atoms with Crippen molar-refractivity contribution >= 4 is 17.7 Å². The van der Waals surface area contributed by atoms with Crippen molar-refractivity contribution < 1.29 is 19.4 Å². The van der Waals surface area contributed by atoms with Crippen molar-refractivity contribution in [1.82, 2.24) is 15.1 Å². The van der Waals surface area contributed by atoms with Crippen LogP contribution in [0.1, 0.15) is 66.1 Å². The molecule has 4 rings (SSSR count). The Morgan fingerprint density at radius 2 is 1.81 bits per heavy atom. The highest BCUT2D eigenvalue weighted by molar-refractivity contribution is 5.95. The fourth-order valence-corrected chi connectivity index (χ4v) is 5.47. The number of nitrogens with one attached hydrogen (secondary N) is 1. The maximum Gasteiger partial charge on any atom is 0.411 e. The number of nitrogens with zero attached hydrogens (tertiary/aromatic N) is 5. The number of nitriles is 1. The number of rotatable bonds is 9. The van der Waals surface area contributed by atoms with E-state index < -0.39 is 18.0 Å². The maximum atomic E-state index is 13.7. The number of ether oxygens (including phenoxy) is 1. The van der Waals surface area contributed by atoms with Crippen LogP contribution in [0.25, 0.3) is 0 Å². The normalized spacial score (nSPS) is 14.8. The summed E-state index contributed by atoms with van der Waals surface area (Å²) in [6.07, 6.45) is 3.01. The second kappa shape index (κ2) is 12.8. The first-order valence-corrected chi connectivity index (χ1v) is 13.7. The average Bonchev–Trinajstić information content (AvgIpc) is 3.40. The van der Waals surface area contributed by atoms with Crippen LogP contribution < -0.4 is 15.6 Å². The van der Waals surface area contributed by atoms with Crippen LogP contribution in [0, 0.1) is 25.2 Å². The number of imide groups is 1. The van der Waals surface area contributed by atoms with Gasteiger partial charge in [0, 0.05) is 12.0 Å². The first kappa shape index (κ1) is 30.1. The van der Waals surface area contributed by atoms with Gasteiger partial charge in [-0.25, -0.2) is 9.48 Å². The number of carbonyl (C=O) groups is 2. The largest absolute Gasteiger partial charge is 0.497 e. The zero-order valence-electron chi connectivity index (χ0n) is 24.2. The minimum atomic E-state index is -1.59. The van der Waals surface area contributed by atoms with E-state index in [1.807, 2.05) is 44.2 Å². The molecule has 1 saturated carbocycles. The molecule has 2 aromatic carbocycles. The number of azo groups is 1. The molecule has 1 fully saturated rings. The lowest BCUT2D eigenvalue weighted by Gasteiger charge is -2.25. The second-order valence-electron chi connectivity index (χ2n) is 10.9. The Bertz CT molecular complexity index is 1590. The van der Waals surface area contributed by atoms with Crippen LogP contribution in [-0.4, -0.2) is 40.0 Å². The molecule has 0 saturated heterocycles. The molecule has 11 heteroatoms. The highest BCUT2D eigenvalue weighted by atomic mass is 16.5. The number of carboxylic acid groups (broad SMARTS) is 1. The summed E-state index contributed by atoms with van der Waals surface area (Å²) >= 11 is 0. The third-order valence-electron chi connectivity index (χ3n) is 7.80. The monoisotopic (exact) mass is 570 g/mol. The molecule has 218 valence electrons. The topological polar surface area (TPSA) is 159 Å². The number of hydrogen-bond donors (Lipinski definition) is 2. The first-order valence-electron chi connectivity index (χ1n) is 13.7. The first-order chi connectivity index (χ1) is 20.0. The molecule has 1 aliphatic carbocycles. The summed E-state index contributed by atoms with van der Waals surface area (Å²) in [7, 11) is 1.61. The molecular weight excluding hydrogens is 536 g/mol. The summed E-state index contributed by atoms with van der Waals surface area (Å²) in [5.41, 5.74) is 5.49. The minimum Gasteiger partial charge on any atom is -0.497 e.